The van der Waals surface area contributed by atoms with Crippen LogP contribution < -0.4 is 31.6 Å². The van der Waals surface area contributed by atoms with Crippen molar-refractivity contribution in [1.29, 1.82) is 10.8 Å². The monoisotopic (exact) mass is 544 g/mol. The topological polar surface area (TPSA) is 197 Å². The molecule has 0 saturated heterocycles. The van der Waals surface area contributed by atoms with Crippen molar-refractivity contribution in [2.75, 3.05) is 0 Å². The number of amidine groups is 2. The first-order chi connectivity index (χ1) is 19.1. The number of rotatable bonds is 9. The lowest BCUT2D eigenvalue weighted by Crippen LogP contribution is -2.43. The van der Waals surface area contributed by atoms with Gasteiger partial charge in [0.15, 0.2) is 0 Å². The molecule has 0 atom stereocenters. The van der Waals surface area contributed by atoms with E-state index in [2.05, 4.69) is 10.6 Å². The van der Waals surface area contributed by atoms with Gasteiger partial charge in [0.2, 0.25) is 0 Å². The summed E-state index contributed by atoms with van der Waals surface area (Å²) in [5.41, 5.74) is 13.4. The van der Waals surface area contributed by atoms with E-state index >= 15 is 0 Å². The Morgan fingerprint density at radius 3 is 1.82 bits per heavy atom. The number of aryl methyl sites for hydroxylation is 1. The first kappa shape index (κ1) is 28.0. The number of benzene rings is 3. The first-order valence-corrected chi connectivity index (χ1v) is 12.8. The number of nitrogen functional groups attached to an aromatic ring is 2. The Balaban J connectivity index is 1.56. The zero-order valence-electron chi connectivity index (χ0n) is 22.0. The molecule has 0 aliphatic heterocycles. The predicted octanol–water partition coefficient (Wildman–Crippen LogP) is 4.46. The Hall–Kier alpha value is -5.06. The molecule has 11 heteroatoms. The molecule has 208 valence electrons. The molecular formula is C29H32N6O5. The summed E-state index contributed by atoms with van der Waals surface area (Å²) in [5.74, 6) is 1.32. The van der Waals surface area contributed by atoms with Crippen LogP contribution in [0.15, 0.2) is 60.7 Å². The minimum atomic E-state index is -1.04. The second kappa shape index (κ2) is 12.2. The average molecular weight is 545 g/mol. The van der Waals surface area contributed by atoms with Gasteiger partial charge in [0.1, 0.15) is 34.7 Å². The summed E-state index contributed by atoms with van der Waals surface area (Å²) < 4.78 is 12.1. The van der Waals surface area contributed by atoms with E-state index in [4.69, 9.17) is 36.9 Å². The maximum absolute atomic E-state index is 13.3. The third-order valence-corrected chi connectivity index (χ3v) is 6.66. The molecule has 0 unspecified atom stereocenters. The Morgan fingerprint density at radius 2 is 1.30 bits per heavy atom. The smallest absolute Gasteiger partial charge is 0.404 e. The Kier molecular flexibility index (Phi) is 8.53. The zero-order valence-corrected chi connectivity index (χ0v) is 22.0. The van der Waals surface area contributed by atoms with Crippen LogP contribution in [0.3, 0.4) is 0 Å². The van der Waals surface area contributed by atoms with E-state index in [0.717, 1.165) is 5.56 Å². The van der Waals surface area contributed by atoms with Crippen molar-refractivity contribution in [2.24, 2.45) is 11.5 Å². The molecule has 40 heavy (non-hydrogen) atoms. The lowest BCUT2D eigenvalue weighted by Gasteiger charge is -2.29. The number of amides is 2. The molecule has 1 aliphatic rings. The van der Waals surface area contributed by atoms with Crippen LogP contribution in [0.25, 0.3) is 0 Å². The summed E-state index contributed by atoms with van der Waals surface area (Å²) in [7, 11) is 0. The van der Waals surface area contributed by atoms with E-state index < -0.39 is 6.09 Å². The fourth-order valence-corrected chi connectivity index (χ4v) is 4.62. The quantitative estimate of drug-likeness (QED) is 0.152. The van der Waals surface area contributed by atoms with Gasteiger partial charge in [-0.3, -0.25) is 15.6 Å². The number of nitrogens with two attached hydrogens (primary N) is 2. The highest BCUT2D eigenvalue weighted by molar-refractivity contribution is 5.97. The normalized spacial score (nSPS) is 16.4. The van der Waals surface area contributed by atoms with Gasteiger partial charge in [-0.1, -0.05) is 0 Å². The van der Waals surface area contributed by atoms with Gasteiger partial charge >= 0.3 is 6.09 Å². The number of carbonyl (C=O) groups is 2. The van der Waals surface area contributed by atoms with Gasteiger partial charge in [-0.2, -0.15) is 0 Å². The average Bonchev–Trinajstić information content (AvgIpc) is 2.89. The molecule has 0 aromatic heterocycles. The standard InChI is InChI=1S/C29H32N6O5/c1-16-12-22(10-11-25(16)27(32)33)40-24-14-18(28(36)34-19-4-6-20(7-5-19)35-29(37)38)13-23(15-24)39-21-8-2-17(3-9-21)26(30)31/h2-3,8-15,19-20,35H,4-7H2,1H3,(H3,30,31)(H3,32,33)(H,34,36)(H,37,38). The minimum Gasteiger partial charge on any atom is -0.465 e. The molecule has 1 aliphatic carbocycles. The van der Waals surface area contributed by atoms with E-state index in [-0.39, 0.29) is 29.7 Å². The van der Waals surface area contributed by atoms with Crippen LogP contribution in [0.5, 0.6) is 23.0 Å². The Labute approximate surface area is 231 Å². The van der Waals surface area contributed by atoms with Crippen molar-refractivity contribution in [3.8, 4) is 23.0 Å². The summed E-state index contributed by atoms with van der Waals surface area (Å²) in [6, 6.07) is 16.5. The summed E-state index contributed by atoms with van der Waals surface area (Å²) >= 11 is 0. The highest BCUT2D eigenvalue weighted by Crippen LogP contribution is 2.32. The molecule has 0 radical (unpaired) electrons. The largest absolute Gasteiger partial charge is 0.465 e. The van der Waals surface area contributed by atoms with E-state index in [1.165, 1.54) is 0 Å². The third kappa shape index (κ3) is 7.28. The number of ether oxygens (including phenoxy) is 2. The lowest BCUT2D eigenvalue weighted by molar-refractivity contribution is 0.0922. The molecule has 3 aromatic carbocycles. The van der Waals surface area contributed by atoms with E-state index in [0.29, 0.717) is 65.4 Å². The molecule has 9 N–H and O–H groups in total. The van der Waals surface area contributed by atoms with E-state index in [1.54, 1.807) is 60.7 Å². The summed E-state index contributed by atoms with van der Waals surface area (Å²) in [5, 5.41) is 29.7. The molecule has 1 saturated carbocycles. The van der Waals surface area contributed by atoms with Crippen LogP contribution in [0.2, 0.25) is 0 Å². The van der Waals surface area contributed by atoms with Gasteiger partial charge in [0.05, 0.1) is 0 Å². The fourth-order valence-electron chi connectivity index (χ4n) is 4.62. The number of nitrogens with one attached hydrogen (secondary N) is 4. The molecule has 0 spiro atoms. The van der Waals surface area contributed by atoms with Crippen LogP contribution >= 0.6 is 0 Å². The number of hydrogen-bond donors (Lipinski definition) is 7. The van der Waals surface area contributed by atoms with Crippen LogP contribution in [0.4, 0.5) is 4.79 Å². The van der Waals surface area contributed by atoms with Crippen molar-refractivity contribution in [3.05, 3.63) is 82.9 Å². The third-order valence-electron chi connectivity index (χ3n) is 6.66. The van der Waals surface area contributed by atoms with Crippen LogP contribution in [0, 0.1) is 17.7 Å². The molecule has 0 heterocycles. The number of hydrogen-bond acceptors (Lipinski definition) is 6. The Morgan fingerprint density at radius 1 is 0.750 bits per heavy atom. The number of carbonyl (C=O) groups excluding carboxylic acids is 1. The van der Waals surface area contributed by atoms with Crippen LogP contribution in [0.1, 0.15) is 52.7 Å². The highest BCUT2D eigenvalue weighted by atomic mass is 16.5. The van der Waals surface area contributed by atoms with Crippen LogP contribution in [-0.2, 0) is 0 Å². The van der Waals surface area contributed by atoms with Crippen molar-refractivity contribution >= 4 is 23.7 Å². The van der Waals surface area contributed by atoms with Gasteiger partial charge in [0.25, 0.3) is 5.91 Å². The minimum absolute atomic E-state index is 0.0398. The highest BCUT2D eigenvalue weighted by Gasteiger charge is 2.24. The summed E-state index contributed by atoms with van der Waals surface area (Å²) in [6.45, 7) is 1.83. The van der Waals surface area contributed by atoms with Crippen molar-refractivity contribution in [1.82, 2.24) is 10.6 Å². The second-order valence-electron chi connectivity index (χ2n) is 9.70. The fraction of sp³-hybridized carbons (Fsp3) is 0.241. The molecule has 2 amide bonds. The zero-order chi connectivity index (χ0) is 28.8. The van der Waals surface area contributed by atoms with Crippen molar-refractivity contribution < 1.29 is 24.2 Å². The van der Waals surface area contributed by atoms with Gasteiger partial charge in [-0.25, -0.2) is 4.79 Å². The molecule has 1 fully saturated rings. The van der Waals surface area contributed by atoms with Crippen LogP contribution in [-0.4, -0.2) is 40.9 Å². The van der Waals surface area contributed by atoms with Gasteiger partial charge < -0.3 is 36.7 Å². The summed E-state index contributed by atoms with van der Waals surface area (Å²) in [4.78, 5) is 24.2. The van der Waals surface area contributed by atoms with Crippen molar-refractivity contribution in [3.63, 3.8) is 0 Å². The van der Waals surface area contributed by atoms with Gasteiger partial charge in [0, 0.05) is 34.8 Å². The van der Waals surface area contributed by atoms with E-state index in [1.807, 2.05) is 6.92 Å². The molecular weight excluding hydrogens is 512 g/mol. The van der Waals surface area contributed by atoms with E-state index in [9.17, 15) is 9.59 Å². The lowest BCUT2D eigenvalue weighted by atomic mass is 9.91. The molecule has 11 nitrogen and oxygen atoms in total. The second-order valence-corrected chi connectivity index (χ2v) is 9.70. The molecule has 4 rings (SSSR count). The predicted molar refractivity (Wildman–Crippen MR) is 151 cm³/mol. The van der Waals surface area contributed by atoms with Crippen molar-refractivity contribution in [2.45, 2.75) is 44.7 Å². The molecule has 3 aromatic rings. The maximum atomic E-state index is 13.3. The van der Waals surface area contributed by atoms with Gasteiger partial charge in [-0.05, 0) is 92.8 Å². The SMILES string of the molecule is Cc1cc(Oc2cc(Oc3ccc(C(=N)N)cc3)cc(C(=O)NC3CCC(NC(=O)O)CC3)c2)ccc1C(=N)N. The molecule has 0 bridgehead atoms. The maximum Gasteiger partial charge on any atom is 0.404 e. The number of carboxylic acid groups (broad SMARTS) is 1. The first-order valence-electron chi connectivity index (χ1n) is 12.8. The Bertz CT molecular complexity index is 1430. The summed E-state index contributed by atoms with van der Waals surface area (Å²) in [6.07, 6.45) is 1.54. The van der Waals surface area contributed by atoms with Gasteiger partial charge in [-0.15, -0.1) is 0 Å².